The van der Waals surface area contributed by atoms with Gasteiger partial charge in [0, 0.05) is 12.6 Å². The van der Waals surface area contributed by atoms with Crippen LogP contribution in [0.15, 0.2) is 24.3 Å². The molecule has 108 valence electrons. The predicted molar refractivity (Wildman–Crippen MR) is 82.1 cm³/mol. The van der Waals surface area contributed by atoms with Crippen molar-refractivity contribution in [3.05, 3.63) is 35.5 Å². The number of benzene rings is 1. The van der Waals surface area contributed by atoms with Gasteiger partial charge in [-0.15, -0.1) is 0 Å². The third kappa shape index (κ3) is 3.04. The van der Waals surface area contributed by atoms with Gasteiger partial charge in [0.15, 0.2) is 0 Å². The molecule has 1 aromatic carbocycles. The van der Waals surface area contributed by atoms with Crippen LogP contribution in [0.2, 0.25) is 0 Å². The topological polar surface area (TPSA) is 76.1 Å². The van der Waals surface area contributed by atoms with Crippen molar-refractivity contribution in [3.8, 4) is 5.75 Å². The molecule has 0 saturated carbocycles. The maximum atomic E-state index is 9.25. The number of hydrogen-bond acceptors (Lipinski definition) is 4. The lowest BCUT2D eigenvalue weighted by molar-refractivity contribution is 0.475. The van der Waals surface area contributed by atoms with Crippen LogP contribution in [0, 0.1) is 6.92 Å². The molecule has 0 amide bonds. The van der Waals surface area contributed by atoms with Gasteiger partial charge in [0.05, 0.1) is 11.4 Å². The van der Waals surface area contributed by atoms with Crippen LogP contribution in [0.3, 0.4) is 0 Å². The molecular weight excluding hydrogens is 252 g/mol. The molecule has 1 heterocycles. The van der Waals surface area contributed by atoms with Gasteiger partial charge in [0.25, 0.3) is 0 Å². The monoisotopic (exact) mass is 274 g/mol. The average molecular weight is 274 g/mol. The minimum atomic E-state index is 0.266. The first-order valence-corrected chi connectivity index (χ1v) is 6.85. The van der Waals surface area contributed by atoms with E-state index in [1.807, 2.05) is 23.7 Å². The minimum absolute atomic E-state index is 0.266. The lowest BCUT2D eigenvalue weighted by Gasteiger charge is -2.13. The smallest absolute Gasteiger partial charge is 0.148 e. The van der Waals surface area contributed by atoms with E-state index in [-0.39, 0.29) is 6.04 Å². The van der Waals surface area contributed by atoms with E-state index >= 15 is 0 Å². The van der Waals surface area contributed by atoms with Gasteiger partial charge in [0.1, 0.15) is 11.6 Å². The highest BCUT2D eigenvalue weighted by molar-refractivity contribution is 5.64. The van der Waals surface area contributed by atoms with Crippen LogP contribution in [-0.4, -0.2) is 21.4 Å². The summed E-state index contributed by atoms with van der Waals surface area (Å²) < 4.78 is 1.92. The fourth-order valence-electron chi connectivity index (χ4n) is 2.10. The summed E-state index contributed by atoms with van der Waals surface area (Å²) >= 11 is 0. The van der Waals surface area contributed by atoms with E-state index in [0.717, 1.165) is 24.5 Å². The van der Waals surface area contributed by atoms with Crippen LogP contribution in [0.25, 0.3) is 0 Å². The number of aromatic nitrogens is 2. The van der Waals surface area contributed by atoms with Gasteiger partial charge >= 0.3 is 0 Å². The first kappa shape index (κ1) is 14.2. The van der Waals surface area contributed by atoms with Crippen molar-refractivity contribution in [2.75, 3.05) is 17.6 Å². The molecule has 0 unspecified atom stereocenters. The number of nitrogens with one attached hydrogen (secondary N) is 1. The minimum Gasteiger partial charge on any atom is -0.508 e. The maximum absolute atomic E-state index is 9.25. The fraction of sp³-hybridized carbons (Fsp3) is 0.400. The number of hydrogen-bond donors (Lipinski definition) is 3. The zero-order valence-corrected chi connectivity index (χ0v) is 12.2. The van der Waals surface area contributed by atoms with Crippen LogP contribution in [0.1, 0.15) is 31.1 Å². The summed E-state index contributed by atoms with van der Waals surface area (Å²) in [5.41, 5.74) is 8.79. The summed E-state index contributed by atoms with van der Waals surface area (Å²) in [6.45, 7) is 6.85. The highest BCUT2D eigenvalue weighted by Gasteiger charge is 2.13. The molecule has 0 radical (unpaired) electrons. The molecule has 0 aliphatic rings. The first-order valence-electron chi connectivity index (χ1n) is 6.85. The van der Waals surface area contributed by atoms with E-state index in [9.17, 15) is 5.11 Å². The highest BCUT2D eigenvalue weighted by Crippen LogP contribution is 2.25. The number of phenolic OH excluding ortho intramolecular Hbond substituents is 1. The SMILES string of the molecule is Cc1nn(C(C)C)c(NCCc2ccc(O)cc2)c1N. The molecule has 5 heteroatoms. The van der Waals surface area contributed by atoms with E-state index in [4.69, 9.17) is 5.73 Å². The fourth-order valence-corrected chi connectivity index (χ4v) is 2.10. The van der Waals surface area contributed by atoms with E-state index in [0.29, 0.717) is 11.4 Å². The maximum Gasteiger partial charge on any atom is 0.148 e. The van der Waals surface area contributed by atoms with Crippen LogP contribution in [-0.2, 0) is 6.42 Å². The van der Waals surface area contributed by atoms with Crippen molar-refractivity contribution in [2.45, 2.75) is 33.2 Å². The zero-order valence-electron chi connectivity index (χ0n) is 12.2. The Balaban J connectivity index is 2.02. The molecule has 0 aliphatic heterocycles. The molecule has 2 rings (SSSR count). The second-order valence-corrected chi connectivity index (χ2v) is 5.23. The first-order chi connectivity index (χ1) is 9.49. The van der Waals surface area contributed by atoms with E-state index < -0.39 is 0 Å². The second kappa shape index (κ2) is 5.86. The van der Waals surface area contributed by atoms with Gasteiger partial charge < -0.3 is 16.2 Å². The van der Waals surface area contributed by atoms with E-state index in [2.05, 4.69) is 24.3 Å². The number of nitrogens with two attached hydrogens (primary N) is 1. The zero-order chi connectivity index (χ0) is 14.7. The molecule has 2 aromatic rings. The lowest BCUT2D eigenvalue weighted by atomic mass is 10.1. The van der Waals surface area contributed by atoms with Gasteiger partial charge in [-0.1, -0.05) is 12.1 Å². The molecule has 0 aliphatic carbocycles. The quantitative estimate of drug-likeness (QED) is 0.783. The molecular formula is C15H22N4O. The summed E-state index contributed by atoms with van der Waals surface area (Å²) in [4.78, 5) is 0. The Hall–Kier alpha value is -2.17. The number of phenols is 1. The second-order valence-electron chi connectivity index (χ2n) is 5.23. The third-order valence-corrected chi connectivity index (χ3v) is 3.26. The van der Waals surface area contributed by atoms with Gasteiger partial charge in [0.2, 0.25) is 0 Å². The number of nitrogen functional groups attached to an aromatic ring is 1. The van der Waals surface area contributed by atoms with E-state index in [1.165, 1.54) is 5.56 Å². The van der Waals surface area contributed by atoms with Gasteiger partial charge in [-0.3, -0.25) is 0 Å². The summed E-state index contributed by atoms with van der Waals surface area (Å²) in [6.07, 6.45) is 0.863. The molecule has 0 spiro atoms. The summed E-state index contributed by atoms with van der Waals surface area (Å²) in [5, 5.41) is 17.1. The number of anilines is 2. The van der Waals surface area contributed by atoms with Crippen LogP contribution in [0.5, 0.6) is 5.75 Å². The molecule has 0 saturated heterocycles. The molecule has 5 nitrogen and oxygen atoms in total. The number of aryl methyl sites for hydroxylation is 1. The lowest BCUT2D eigenvalue weighted by Crippen LogP contribution is -2.13. The largest absolute Gasteiger partial charge is 0.508 e. The Labute approximate surface area is 119 Å². The van der Waals surface area contributed by atoms with Crippen molar-refractivity contribution in [3.63, 3.8) is 0 Å². The standard InChI is InChI=1S/C15H22N4O/c1-10(2)19-15(14(16)11(3)18-19)17-9-8-12-4-6-13(20)7-5-12/h4-7,10,17,20H,8-9,16H2,1-3H3. The number of aromatic hydroxyl groups is 1. The Morgan fingerprint density at radius 3 is 2.55 bits per heavy atom. The average Bonchev–Trinajstić information content (AvgIpc) is 2.69. The van der Waals surface area contributed by atoms with Crippen LogP contribution < -0.4 is 11.1 Å². The Morgan fingerprint density at radius 2 is 1.95 bits per heavy atom. The number of nitrogens with zero attached hydrogens (tertiary/aromatic N) is 2. The summed E-state index contributed by atoms with van der Waals surface area (Å²) in [5.74, 6) is 1.18. The Bertz CT molecular complexity index is 572. The van der Waals surface area contributed by atoms with Crippen molar-refractivity contribution < 1.29 is 5.11 Å². The van der Waals surface area contributed by atoms with Crippen molar-refractivity contribution >= 4 is 11.5 Å². The summed E-state index contributed by atoms with van der Waals surface area (Å²) in [6, 6.07) is 7.51. The van der Waals surface area contributed by atoms with E-state index in [1.54, 1.807) is 12.1 Å². The molecule has 4 N–H and O–H groups in total. The normalized spacial score (nSPS) is 11.0. The third-order valence-electron chi connectivity index (χ3n) is 3.26. The Kier molecular flexibility index (Phi) is 4.17. The molecule has 0 fully saturated rings. The van der Waals surface area contributed by atoms with Crippen molar-refractivity contribution in [1.29, 1.82) is 0 Å². The van der Waals surface area contributed by atoms with Gasteiger partial charge in [-0.25, -0.2) is 4.68 Å². The van der Waals surface area contributed by atoms with Crippen LogP contribution >= 0.6 is 0 Å². The van der Waals surface area contributed by atoms with Crippen molar-refractivity contribution in [2.24, 2.45) is 0 Å². The van der Waals surface area contributed by atoms with Gasteiger partial charge in [-0.05, 0) is 44.9 Å². The molecule has 1 aromatic heterocycles. The van der Waals surface area contributed by atoms with Crippen LogP contribution in [0.4, 0.5) is 11.5 Å². The molecule has 0 bridgehead atoms. The molecule has 20 heavy (non-hydrogen) atoms. The van der Waals surface area contributed by atoms with Crippen molar-refractivity contribution in [1.82, 2.24) is 9.78 Å². The predicted octanol–water partition coefficient (Wildman–Crippen LogP) is 2.71. The Morgan fingerprint density at radius 1 is 1.30 bits per heavy atom. The number of rotatable bonds is 5. The van der Waals surface area contributed by atoms with Gasteiger partial charge in [-0.2, -0.15) is 5.10 Å². The summed E-state index contributed by atoms with van der Waals surface area (Å²) in [7, 11) is 0. The highest BCUT2D eigenvalue weighted by atomic mass is 16.3. The molecule has 0 atom stereocenters.